The Labute approximate surface area is 200 Å². The van der Waals surface area contributed by atoms with Crippen molar-refractivity contribution >= 4 is 23.2 Å². The van der Waals surface area contributed by atoms with Crippen molar-refractivity contribution in [3.8, 4) is 5.75 Å². The second kappa shape index (κ2) is 12.2. The van der Waals surface area contributed by atoms with Crippen molar-refractivity contribution in [3.05, 3.63) is 52.7 Å². The Kier molecular flexibility index (Phi) is 8.78. The van der Waals surface area contributed by atoms with E-state index in [1.54, 1.807) is 0 Å². The normalized spacial score (nSPS) is 19.9. The second-order valence-corrected chi connectivity index (χ2v) is 10.2. The fraction of sp³-hybridized carbons (Fsp3) is 0.538. The van der Waals surface area contributed by atoms with Gasteiger partial charge in [0.1, 0.15) is 5.75 Å². The first-order valence-corrected chi connectivity index (χ1v) is 13.0. The number of nitrogens with one attached hydrogen (secondary N) is 1. The van der Waals surface area contributed by atoms with Gasteiger partial charge in [-0.3, -0.25) is 14.5 Å². The van der Waals surface area contributed by atoms with Crippen molar-refractivity contribution < 1.29 is 14.3 Å². The van der Waals surface area contributed by atoms with Crippen LogP contribution in [0.5, 0.6) is 5.75 Å². The molecule has 2 saturated heterocycles. The summed E-state index contributed by atoms with van der Waals surface area (Å²) in [6.07, 6.45) is 4.33. The fourth-order valence-electron chi connectivity index (χ4n) is 4.71. The number of carbonyl (C=O) groups is 2. The molecule has 0 saturated carbocycles. The van der Waals surface area contributed by atoms with Crippen LogP contribution in [0.25, 0.3) is 0 Å². The third-order valence-electron chi connectivity index (χ3n) is 6.70. The maximum atomic E-state index is 12.8. The second-order valence-electron chi connectivity index (χ2n) is 9.13. The lowest BCUT2D eigenvalue weighted by Crippen LogP contribution is -2.47. The van der Waals surface area contributed by atoms with Crippen molar-refractivity contribution in [2.45, 2.75) is 38.6 Å². The van der Waals surface area contributed by atoms with Crippen molar-refractivity contribution in [2.75, 3.05) is 39.3 Å². The average Bonchev–Trinajstić information content (AvgIpc) is 3.37. The summed E-state index contributed by atoms with van der Waals surface area (Å²) >= 11 is 1.82. The SMILES string of the molecule is O=C(NCC1CCN(Cc2cccs2)CC1)C1CCCN(C(=O)CCOc2ccccc2)C1. The highest BCUT2D eigenvalue weighted by Gasteiger charge is 2.29. The van der Waals surface area contributed by atoms with E-state index in [1.165, 1.54) is 4.88 Å². The molecule has 7 heteroatoms. The average molecular weight is 470 g/mol. The van der Waals surface area contributed by atoms with Gasteiger partial charge in [0.05, 0.1) is 18.9 Å². The summed E-state index contributed by atoms with van der Waals surface area (Å²) in [5.74, 6) is 1.40. The molecule has 0 aliphatic carbocycles. The largest absolute Gasteiger partial charge is 0.493 e. The predicted octanol–water partition coefficient (Wildman–Crippen LogP) is 3.78. The van der Waals surface area contributed by atoms with Crippen molar-refractivity contribution in [2.24, 2.45) is 11.8 Å². The van der Waals surface area contributed by atoms with Crippen LogP contribution < -0.4 is 10.1 Å². The smallest absolute Gasteiger partial charge is 0.226 e. The van der Waals surface area contributed by atoms with Gasteiger partial charge in [0.25, 0.3) is 0 Å². The van der Waals surface area contributed by atoms with E-state index in [0.717, 1.165) is 64.2 Å². The highest BCUT2D eigenvalue weighted by Crippen LogP contribution is 2.21. The van der Waals surface area contributed by atoms with Gasteiger partial charge < -0.3 is 15.0 Å². The van der Waals surface area contributed by atoms with Crippen molar-refractivity contribution in [1.82, 2.24) is 15.1 Å². The number of benzene rings is 1. The van der Waals surface area contributed by atoms with Crippen LogP contribution in [0.4, 0.5) is 0 Å². The van der Waals surface area contributed by atoms with Gasteiger partial charge in [0.2, 0.25) is 11.8 Å². The van der Waals surface area contributed by atoms with Gasteiger partial charge in [0.15, 0.2) is 0 Å². The maximum Gasteiger partial charge on any atom is 0.226 e. The number of para-hydroxylation sites is 1. The zero-order valence-electron chi connectivity index (χ0n) is 19.3. The lowest BCUT2D eigenvalue weighted by Gasteiger charge is -2.34. The third kappa shape index (κ3) is 7.30. The Morgan fingerprint density at radius 2 is 1.85 bits per heavy atom. The number of carbonyl (C=O) groups excluding carboxylic acids is 2. The zero-order valence-corrected chi connectivity index (χ0v) is 20.1. The number of ether oxygens (including phenoxy) is 1. The highest BCUT2D eigenvalue weighted by atomic mass is 32.1. The lowest BCUT2D eigenvalue weighted by molar-refractivity contribution is -0.136. The molecule has 2 fully saturated rings. The van der Waals surface area contributed by atoms with E-state index in [2.05, 4.69) is 27.7 Å². The number of likely N-dealkylation sites (tertiary alicyclic amines) is 2. The van der Waals surface area contributed by atoms with Gasteiger partial charge in [-0.25, -0.2) is 0 Å². The van der Waals surface area contributed by atoms with E-state index >= 15 is 0 Å². The number of thiophene rings is 1. The Balaban J connectivity index is 1.13. The number of hydrogen-bond donors (Lipinski definition) is 1. The number of rotatable bonds is 9. The van der Waals surface area contributed by atoms with Crippen LogP contribution >= 0.6 is 11.3 Å². The summed E-state index contributed by atoms with van der Waals surface area (Å²) in [5, 5.41) is 5.32. The number of amides is 2. The molecule has 6 nitrogen and oxygen atoms in total. The molecule has 2 aliphatic heterocycles. The Morgan fingerprint density at radius 1 is 1.03 bits per heavy atom. The van der Waals surface area contributed by atoms with Crippen LogP contribution in [0, 0.1) is 11.8 Å². The monoisotopic (exact) mass is 469 g/mol. The molecule has 1 unspecified atom stereocenters. The minimum Gasteiger partial charge on any atom is -0.493 e. The van der Waals surface area contributed by atoms with E-state index in [1.807, 2.05) is 46.6 Å². The molecular formula is C26H35N3O3S. The van der Waals surface area contributed by atoms with Gasteiger partial charge in [-0.1, -0.05) is 24.3 Å². The van der Waals surface area contributed by atoms with Crippen LogP contribution in [-0.2, 0) is 16.1 Å². The maximum absolute atomic E-state index is 12.8. The molecule has 2 amide bonds. The topological polar surface area (TPSA) is 61.9 Å². The van der Waals surface area contributed by atoms with Crippen LogP contribution in [0.1, 0.15) is 37.0 Å². The first kappa shape index (κ1) is 23.8. The van der Waals surface area contributed by atoms with E-state index in [4.69, 9.17) is 4.74 Å². The number of hydrogen-bond acceptors (Lipinski definition) is 5. The molecule has 0 spiro atoms. The van der Waals surface area contributed by atoms with Crippen LogP contribution in [-0.4, -0.2) is 60.9 Å². The third-order valence-corrected chi connectivity index (χ3v) is 7.57. The molecule has 1 N–H and O–H groups in total. The number of nitrogens with zero attached hydrogens (tertiary/aromatic N) is 2. The van der Waals surface area contributed by atoms with Crippen LogP contribution in [0.15, 0.2) is 47.8 Å². The molecule has 3 heterocycles. The quantitative estimate of drug-likeness (QED) is 0.607. The van der Waals surface area contributed by atoms with Gasteiger partial charge in [-0.05, 0) is 68.3 Å². The molecule has 1 aromatic carbocycles. The molecular weight excluding hydrogens is 434 g/mol. The minimum atomic E-state index is -0.100. The minimum absolute atomic E-state index is 0.0709. The molecule has 4 rings (SSSR count). The molecule has 1 atom stereocenters. The molecule has 1 aromatic heterocycles. The molecule has 2 aromatic rings. The van der Waals surface area contributed by atoms with Gasteiger partial charge in [-0.15, -0.1) is 11.3 Å². The van der Waals surface area contributed by atoms with Crippen molar-refractivity contribution in [3.63, 3.8) is 0 Å². The van der Waals surface area contributed by atoms with E-state index < -0.39 is 0 Å². The van der Waals surface area contributed by atoms with Gasteiger partial charge >= 0.3 is 0 Å². The molecule has 33 heavy (non-hydrogen) atoms. The molecule has 0 radical (unpaired) electrons. The zero-order chi connectivity index (χ0) is 22.9. The van der Waals surface area contributed by atoms with Crippen LogP contribution in [0.3, 0.4) is 0 Å². The molecule has 2 aliphatic rings. The first-order valence-electron chi connectivity index (χ1n) is 12.2. The number of piperidine rings is 2. The summed E-state index contributed by atoms with van der Waals surface area (Å²) in [4.78, 5) is 31.2. The van der Waals surface area contributed by atoms with E-state index in [0.29, 0.717) is 25.5 Å². The van der Waals surface area contributed by atoms with E-state index in [-0.39, 0.29) is 17.7 Å². The van der Waals surface area contributed by atoms with Gasteiger partial charge in [-0.2, -0.15) is 0 Å². The van der Waals surface area contributed by atoms with Crippen LogP contribution in [0.2, 0.25) is 0 Å². The highest BCUT2D eigenvalue weighted by molar-refractivity contribution is 7.09. The lowest BCUT2D eigenvalue weighted by atomic mass is 9.94. The Bertz CT molecular complexity index is 866. The standard InChI is InChI=1S/C26H35N3O3S/c30-25(12-16-32-23-7-2-1-3-8-23)29-13-4-6-22(19-29)26(31)27-18-21-10-14-28(15-11-21)20-24-9-5-17-33-24/h1-3,5,7-9,17,21-22H,4,6,10-16,18-20H2,(H,27,31). The Hall–Kier alpha value is -2.38. The summed E-state index contributed by atoms with van der Waals surface area (Å²) in [7, 11) is 0. The summed E-state index contributed by atoms with van der Waals surface area (Å²) in [6.45, 7) is 5.60. The van der Waals surface area contributed by atoms with Crippen molar-refractivity contribution in [1.29, 1.82) is 0 Å². The summed E-state index contributed by atoms with van der Waals surface area (Å²) in [6, 6.07) is 13.9. The fourth-order valence-corrected chi connectivity index (χ4v) is 5.46. The summed E-state index contributed by atoms with van der Waals surface area (Å²) < 4.78 is 5.65. The Morgan fingerprint density at radius 3 is 2.61 bits per heavy atom. The molecule has 178 valence electrons. The summed E-state index contributed by atoms with van der Waals surface area (Å²) in [5.41, 5.74) is 0. The molecule has 0 bridgehead atoms. The predicted molar refractivity (Wildman–Crippen MR) is 131 cm³/mol. The first-order chi connectivity index (χ1) is 16.2. The van der Waals surface area contributed by atoms with Gasteiger partial charge in [0, 0.05) is 31.1 Å². The van der Waals surface area contributed by atoms with E-state index in [9.17, 15) is 9.59 Å².